The summed E-state index contributed by atoms with van der Waals surface area (Å²) >= 11 is 0. The summed E-state index contributed by atoms with van der Waals surface area (Å²) in [7, 11) is 0. The Hall–Kier alpha value is -1.46. The van der Waals surface area contributed by atoms with Gasteiger partial charge in [0, 0.05) is 6.54 Å². The SMILES string of the molecule is O=C([C@H]1CCCCN1)N1CCOC(c2ccc(F)cc2)C1. The molecule has 21 heavy (non-hydrogen) atoms. The van der Waals surface area contributed by atoms with E-state index in [1.165, 1.54) is 12.1 Å². The molecule has 0 bridgehead atoms. The summed E-state index contributed by atoms with van der Waals surface area (Å²) in [5, 5.41) is 3.30. The molecule has 2 aliphatic heterocycles. The molecule has 2 heterocycles. The molecule has 0 spiro atoms. The van der Waals surface area contributed by atoms with Crippen LogP contribution in [-0.2, 0) is 9.53 Å². The van der Waals surface area contributed by atoms with Crippen LogP contribution in [0.2, 0.25) is 0 Å². The zero-order chi connectivity index (χ0) is 14.7. The first kappa shape index (κ1) is 14.5. The van der Waals surface area contributed by atoms with Gasteiger partial charge in [0.15, 0.2) is 0 Å². The van der Waals surface area contributed by atoms with E-state index in [0.29, 0.717) is 19.7 Å². The maximum atomic E-state index is 13.0. The lowest BCUT2D eigenvalue weighted by Gasteiger charge is -2.36. The van der Waals surface area contributed by atoms with Gasteiger partial charge in [-0.3, -0.25) is 4.79 Å². The van der Waals surface area contributed by atoms with E-state index in [1.54, 1.807) is 12.1 Å². The third-order valence-electron chi connectivity index (χ3n) is 4.23. The highest BCUT2D eigenvalue weighted by molar-refractivity contribution is 5.82. The number of nitrogens with zero attached hydrogens (tertiary/aromatic N) is 1. The lowest BCUT2D eigenvalue weighted by atomic mass is 10.0. The molecule has 2 saturated heterocycles. The fraction of sp³-hybridized carbons (Fsp3) is 0.562. The first-order valence-electron chi connectivity index (χ1n) is 7.63. The minimum absolute atomic E-state index is 0.0503. The average Bonchev–Trinajstić information content (AvgIpc) is 2.56. The van der Waals surface area contributed by atoms with Crippen LogP contribution in [0.1, 0.15) is 30.9 Å². The molecule has 1 amide bonds. The van der Waals surface area contributed by atoms with Crippen LogP contribution in [0.5, 0.6) is 0 Å². The normalized spacial score (nSPS) is 26.6. The van der Waals surface area contributed by atoms with Crippen LogP contribution < -0.4 is 5.32 Å². The summed E-state index contributed by atoms with van der Waals surface area (Å²) in [5.41, 5.74) is 0.922. The number of hydrogen-bond donors (Lipinski definition) is 1. The molecule has 1 unspecified atom stereocenters. The molecule has 4 nitrogen and oxygen atoms in total. The monoisotopic (exact) mass is 292 g/mol. The van der Waals surface area contributed by atoms with Crippen LogP contribution in [-0.4, -0.2) is 43.1 Å². The third kappa shape index (κ3) is 3.41. The van der Waals surface area contributed by atoms with Crippen molar-refractivity contribution in [2.75, 3.05) is 26.2 Å². The molecule has 3 rings (SSSR count). The molecule has 0 radical (unpaired) electrons. The van der Waals surface area contributed by atoms with Gasteiger partial charge in [-0.15, -0.1) is 0 Å². The minimum atomic E-state index is -0.256. The maximum absolute atomic E-state index is 13.0. The number of ether oxygens (including phenoxy) is 1. The third-order valence-corrected chi connectivity index (χ3v) is 4.23. The van der Waals surface area contributed by atoms with Crippen molar-refractivity contribution in [1.82, 2.24) is 10.2 Å². The van der Waals surface area contributed by atoms with Crippen LogP contribution in [0, 0.1) is 5.82 Å². The predicted octanol–water partition coefficient (Wildman–Crippen LogP) is 1.87. The molecule has 1 aromatic rings. The summed E-state index contributed by atoms with van der Waals surface area (Å²) in [6.07, 6.45) is 3.00. The summed E-state index contributed by atoms with van der Waals surface area (Å²) in [5.74, 6) is -0.0843. The van der Waals surface area contributed by atoms with Crippen LogP contribution >= 0.6 is 0 Å². The summed E-state index contributed by atoms with van der Waals surface area (Å²) in [6, 6.07) is 6.27. The molecular formula is C16H21FN2O2. The standard InChI is InChI=1S/C16H21FN2O2/c17-13-6-4-12(5-7-13)15-11-19(9-10-21-15)16(20)14-3-1-2-8-18-14/h4-7,14-15,18H,1-3,8-11H2/t14-,15?/m1/s1. The van der Waals surface area contributed by atoms with Crippen molar-refractivity contribution in [2.24, 2.45) is 0 Å². The number of piperidine rings is 1. The minimum Gasteiger partial charge on any atom is -0.370 e. The molecular weight excluding hydrogens is 271 g/mol. The second-order valence-corrected chi connectivity index (χ2v) is 5.70. The average molecular weight is 292 g/mol. The molecule has 1 N–H and O–H groups in total. The van der Waals surface area contributed by atoms with E-state index in [-0.39, 0.29) is 23.9 Å². The van der Waals surface area contributed by atoms with Gasteiger partial charge in [-0.1, -0.05) is 18.6 Å². The highest BCUT2D eigenvalue weighted by Gasteiger charge is 2.30. The number of rotatable bonds is 2. The molecule has 0 aliphatic carbocycles. The van der Waals surface area contributed by atoms with Crippen LogP contribution in [0.15, 0.2) is 24.3 Å². The summed E-state index contributed by atoms with van der Waals surface area (Å²) in [6.45, 7) is 2.62. The fourth-order valence-corrected chi connectivity index (χ4v) is 3.01. The van der Waals surface area contributed by atoms with Crippen molar-refractivity contribution in [3.05, 3.63) is 35.6 Å². The van der Waals surface area contributed by atoms with E-state index in [9.17, 15) is 9.18 Å². The molecule has 0 saturated carbocycles. The Balaban J connectivity index is 1.64. The molecule has 2 fully saturated rings. The van der Waals surface area contributed by atoms with Gasteiger partial charge in [0.05, 0.1) is 19.2 Å². The van der Waals surface area contributed by atoms with Gasteiger partial charge < -0.3 is 15.0 Å². The van der Waals surface area contributed by atoms with Gasteiger partial charge in [-0.2, -0.15) is 0 Å². The van der Waals surface area contributed by atoms with Gasteiger partial charge >= 0.3 is 0 Å². The first-order valence-corrected chi connectivity index (χ1v) is 7.63. The number of carbonyl (C=O) groups excluding carboxylic acids is 1. The number of morpholine rings is 1. The van der Waals surface area contributed by atoms with E-state index in [1.807, 2.05) is 4.90 Å². The maximum Gasteiger partial charge on any atom is 0.239 e. The van der Waals surface area contributed by atoms with Crippen molar-refractivity contribution < 1.29 is 13.9 Å². The highest BCUT2D eigenvalue weighted by Crippen LogP contribution is 2.23. The van der Waals surface area contributed by atoms with E-state index >= 15 is 0 Å². The second kappa shape index (κ2) is 6.54. The Morgan fingerprint density at radius 3 is 2.81 bits per heavy atom. The van der Waals surface area contributed by atoms with Crippen molar-refractivity contribution in [2.45, 2.75) is 31.4 Å². The van der Waals surface area contributed by atoms with Crippen molar-refractivity contribution in [3.63, 3.8) is 0 Å². The van der Waals surface area contributed by atoms with E-state index < -0.39 is 0 Å². The van der Waals surface area contributed by atoms with E-state index in [2.05, 4.69) is 5.32 Å². The number of carbonyl (C=O) groups is 1. The largest absolute Gasteiger partial charge is 0.370 e. The lowest BCUT2D eigenvalue weighted by Crippen LogP contribution is -2.52. The van der Waals surface area contributed by atoms with Crippen molar-refractivity contribution >= 4 is 5.91 Å². The summed E-state index contributed by atoms with van der Waals surface area (Å²) in [4.78, 5) is 14.4. The van der Waals surface area contributed by atoms with Gasteiger partial charge in [0.2, 0.25) is 5.91 Å². The number of hydrogen-bond acceptors (Lipinski definition) is 3. The van der Waals surface area contributed by atoms with Gasteiger partial charge in [0.25, 0.3) is 0 Å². The zero-order valence-corrected chi connectivity index (χ0v) is 12.1. The number of halogens is 1. The Bertz CT molecular complexity index is 486. The molecule has 5 heteroatoms. The topological polar surface area (TPSA) is 41.6 Å². The lowest BCUT2D eigenvalue weighted by molar-refractivity contribution is -0.141. The van der Waals surface area contributed by atoms with E-state index in [4.69, 9.17) is 4.74 Å². The van der Waals surface area contributed by atoms with E-state index in [0.717, 1.165) is 31.4 Å². The van der Waals surface area contributed by atoms with Crippen molar-refractivity contribution in [1.29, 1.82) is 0 Å². The number of amides is 1. The highest BCUT2D eigenvalue weighted by atomic mass is 19.1. The molecule has 2 aliphatic rings. The quantitative estimate of drug-likeness (QED) is 0.905. The first-order chi connectivity index (χ1) is 10.2. The molecule has 2 atom stereocenters. The molecule has 114 valence electrons. The van der Waals surface area contributed by atoms with Gasteiger partial charge in [-0.25, -0.2) is 4.39 Å². The second-order valence-electron chi connectivity index (χ2n) is 5.70. The molecule has 0 aromatic heterocycles. The van der Waals surface area contributed by atoms with Gasteiger partial charge in [-0.05, 0) is 37.1 Å². The Morgan fingerprint density at radius 1 is 1.29 bits per heavy atom. The zero-order valence-electron chi connectivity index (χ0n) is 12.1. The Morgan fingerprint density at radius 2 is 2.10 bits per heavy atom. The summed E-state index contributed by atoms with van der Waals surface area (Å²) < 4.78 is 18.7. The fourth-order valence-electron chi connectivity index (χ4n) is 3.01. The number of nitrogens with one attached hydrogen (secondary N) is 1. The Kier molecular flexibility index (Phi) is 4.51. The predicted molar refractivity (Wildman–Crippen MR) is 77.3 cm³/mol. The van der Waals surface area contributed by atoms with Crippen LogP contribution in [0.25, 0.3) is 0 Å². The number of benzene rings is 1. The molecule has 1 aromatic carbocycles. The van der Waals surface area contributed by atoms with Crippen LogP contribution in [0.4, 0.5) is 4.39 Å². The van der Waals surface area contributed by atoms with Gasteiger partial charge in [0.1, 0.15) is 11.9 Å². The van der Waals surface area contributed by atoms with Crippen molar-refractivity contribution in [3.8, 4) is 0 Å². The smallest absolute Gasteiger partial charge is 0.239 e. The Labute approximate surface area is 124 Å². The van der Waals surface area contributed by atoms with Crippen LogP contribution in [0.3, 0.4) is 0 Å².